The summed E-state index contributed by atoms with van der Waals surface area (Å²) in [5, 5.41) is 4.19. The van der Waals surface area contributed by atoms with Gasteiger partial charge in [0.1, 0.15) is 17.4 Å². The summed E-state index contributed by atoms with van der Waals surface area (Å²) >= 11 is 5.87. The Morgan fingerprint density at radius 2 is 1.89 bits per heavy atom. The van der Waals surface area contributed by atoms with Crippen LogP contribution < -0.4 is 15.4 Å². The van der Waals surface area contributed by atoms with Gasteiger partial charge < -0.3 is 25.0 Å². The fourth-order valence-electron chi connectivity index (χ4n) is 3.28. The van der Waals surface area contributed by atoms with E-state index in [1.165, 1.54) is 24.1 Å². The largest absolute Gasteiger partial charge is 0.480 e. The number of anilines is 2. The zero-order valence-corrected chi connectivity index (χ0v) is 19.3. The number of para-hydroxylation sites is 1. The van der Waals surface area contributed by atoms with Crippen molar-refractivity contribution in [2.24, 2.45) is 0 Å². The van der Waals surface area contributed by atoms with Gasteiger partial charge in [0, 0.05) is 26.3 Å². The molecule has 2 aromatic rings. The highest BCUT2D eigenvalue weighted by molar-refractivity contribution is 6.34. The van der Waals surface area contributed by atoms with Crippen molar-refractivity contribution in [1.29, 1.82) is 0 Å². The number of hydrogen-bond donors (Lipinski definition) is 2. The third-order valence-corrected chi connectivity index (χ3v) is 5.60. The number of ether oxygens (including phenoxy) is 2. The summed E-state index contributed by atoms with van der Waals surface area (Å²) in [6, 6.07) is 4.18. The van der Waals surface area contributed by atoms with Gasteiger partial charge in [-0.1, -0.05) is 17.7 Å². The van der Waals surface area contributed by atoms with E-state index in [2.05, 4.69) is 10.6 Å². The summed E-state index contributed by atoms with van der Waals surface area (Å²) in [4.78, 5) is 26.6. The number of carbonyl (C=O) groups excluding carboxylic acids is 2. The van der Waals surface area contributed by atoms with Crippen molar-refractivity contribution in [1.82, 2.24) is 4.90 Å². The van der Waals surface area contributed by atoms with Crippen LogP contribution in [0.1, 0.15) is 23.7 Å². The molecule has 0 spiro atoms. The van der Waals surface area contributed by atoms with E-state index in [0.717, 1.165) is 12.1 Å². The van der Waals surface area contributed by atoms with Gasteiger partial charge in [-0.15, -0.1) is 0 Å². The van der Waals surface area contributed by atoms with Gasteiger partial charge in [0.15, 0.2) is 6.10 Å². The molecule has 1 aliphatic heterocycles. The number of rotatable bonds is 6. The van der Waals surface area contributed by atoms with Gasteiger partial charge >= 0.3 is 12.2 Å². The van der Waals surface area contributed by atoms with Crippen LogP contribution >= 0.6 is 11.6 Å². The number of nitrogens with one attached hydrogen (secondary N) is 2. The van der Waals surface area contributed by atoms with Gasteiger partial charge in [-0.05, 0) is 31.5 Å². The fraction of sp³-hybridized carbons (Fsp3) is 0.364. The number of likely N-dealkylation sites (tertiary alicyclic amines) is 1. The Kier molecular flexibility index (Phi) is 8.06. The first-order chi connectivity index (χ1) is 16.4. The Balaban J connectivity index is 1.93. The average molecular weight is 522 g/mol. The van der Waals surface area contributed by atoms with E-state index in [4.69, 9.17) is 21.1 Å². The molecule has 2 atom stereocenters. The highest BCUT2D eigenvalue weighted by Gasteiger charge is 2.39. The Hall–Kier alpha value is -3.12. The molecular formula is C22H21ClF5N3O4. The molecule has 13 heteroatoms. The fourth-order valence-corrected chi connectivity index (χ4v) is 3.49. The van der Waals surface area contributed by atoms with E-state index >= 15 is 0 Å². The summed E-state index contributed by atoms with van der Waals surface area (Å²) in [7, 11) is 1.48. The van der Waals surface area contributed by atoms with Crippen molar-refractivity contribution in [2.45, 2.75) is 31.7 Å². The minimum atomic E-state index is -4.81. The molecule has 190 valence electrons. The second-order valence-corrected chi connectivity index (χ2v) is 8.11. The van der Waals surface area contributed by atoms with Gasteiger partial charge in [-0.25, -0.2) is 13.6 Å². The lowest BCUT2D eigenvalue weighted by Crippen LogP contribution is -2.34. The third kappa shape index (κ3) is 6.31. The number of halogens is 6. The summed E-state index contributed by atoms with van der Waals surface area (Å²) in [6.45, 7) is 1.25. The van der Waals surface area contributed by atoms with E-state index in [1.54, 1.807) is 0 Å². The van der Waals surface area contributed by atoms with Crippen LogP contribution in [0.15, 0.2) is 30.3 Å². The highest BCUT2D eigenvalue weighted by atomic mass is 35.5. The van der Waals surface area contributed by atoms with Gasteiger partial charge in [0.2, 0.25) is 0 Å². The molecule has 1 fully saturated rings. The van der Waals surface area contributed by atoms with E-state index < -0.39 is 58.5 Å². The Labute approximate surface area is 202 Å². The van der Waals surface area contributed by atoms with Crippen molar-refractivity contribution in [3.05, 3.63) is 52.6 Å². The van der Waals surface area contributed by atoms with Crippen LogP contribution in [0.4, 0.5) is 38.1 Å². The first-order valence-corrected chi connectivity index (χ1v) is 10.7. The number of amides is 3. The van der Waals surface area contributed by atoms with Crippen LogP contribution in [0.3, 0.4) is 0 Å². The van der Waals surface area contributed by atoms with Crippen molar-refractivity contribution >= 4 is 34.9 Å². The maximum atomic E-state index is 14.8. The maximum absolute atomic E-state index is 14.8. The SMILES string of the molecule is COC1CCN(C(=O)Nc2cc(OC(C)C(F)(F)F)c(C(=O)Nc3c(F)cccc3Cl)cc2F)C1. The highest BCUT2D eigenvalue weighted by Crippen LogP contribution is 2.33. The third-order valence-electron chi connectivity index (χ3n) is 5.29. The topological polar surface area (TPSA) is 79.9 Å². The molecule has 0 saturated carbocycles. The maximum Gasteiger partial charge on any atom is 0.425 e. The van der Waals surface area contributed by atoms with Crippen LogP contribution in [-0.2, 0) is 4.74 Å². The Morgan fingerprint density at radius 3 is 2.49 bits per heavy atom. The van der Waals surface area contributed by atoms with Crippen molar-refractivity contribution in [3.8, 4) is 5.75 Å². The number of hydrogen-bond acceptors (Lipinski definition) is 4. The molecule has 2 N–H and O–H groups in total. The molecule has 1 aliphatic rings. The quantitative estimate of drug-likeness (QED) is 0.495. The van der Waals surface area contributed by atoms with E-state index in [-0.39, 0.29) is 17.7 Å². The lowest BCUT2D eigenvalue weighted by Gasteiger charge is -2.22. The minimum Gasteiger partial charge on any atom is -0.480 e. The molecule has 1 saturated heterocycles. The number of urea groups is 1. The molecule has 3 rings (SSSR count). The molecule has 2 unspecified atom stereocenters. The van der Waals surface area contributed by atoms with Crippen LogP contribution in [0.2, 0.25) is 5.02 Å². The Morgan fingerprint density at radius 1 is 1.17 bits per heavy atom. The number of benzene rings is 2. The van der Waals surface area contributed by atoms with Crippen molar-refractivity contribution in [2.75, 3.05) is 30.8 Å². The molecule has 35 heavy (non-hydrogen) atoms. The zero-order valence-electron chi connectivity index (χ0n) is 18.5. The first kappa shape index (κ1) is 26.5. The van der Waals surface area contributed by atoms with Crippen LogP contribution in [-0.4, -0.2) is 55.4 Å². The van der Waals surface area contributed by atoms with Crippen molar-refractivity contribution in [3.63, 3.8) is 0 Å². The lowest BCUT2D eigenvalue weighted by atomic mass is 10.1. The van der Waals surface area contributed by atoms with E-state index in [9.17, 15) is 31.5 Å². The molecule has 0 radical (unpaired) electrons. The molecule has 3 amide bonds. The van der Waals surface area contributed by atoms with Crippen molar-refractivity contribution < 1.29 is 41.0 Å². The molecule has 0 aliphatic carbocycles. The summed E-state index contributed by atoms with van der Waals surface area (Å²) < 4.78 is 78.4. The standard InChI is InChI=1S/C22H21ClF5N3O4/c1-11(22(26,27)28)35-18-9-17(29-21(33)31-7-6-12(10-31)34-2)16(25)8-13(18)20(32)30-19-14(23)4-3-5-15(19)24/h3-5,8-9,11-12H,6-7,10H2,1-2H3,(H,29,33)(H,30,32). The average Bonchev–Trinajstić information content (AvgIpc) is 3.27. The number of methoxy groups -OCH3 is 1. The number of nitrogens with zero attached hydrogens (tertiary/aromatic N) is 1. The second kappa shape index (κ2) is 10.6. The molecule has 2 aromatic carbocycles. The summed E-state index contributed by atoms with van der Waals surface area (Å²) in [5.41, 5.74) is -1.63. The predicted octanol–water partition coefficient (Wildman–Crippen LogP) is 5.45. The lowest BCUT2D eigenvalue weighted by molar-refractivity contribution is -0.189. The minimum absolute atomic E-state index is 0.186. The van der Waals surface area contributed by atoms with Crippen LogP contribution in [0.5, 0.6) is 5.75 Å². The van der Waals surface area contributed by atoms with E-state index in [0.29, 0.717) is 26.0 Å². The first-order valence-electron chi connectivity index (χ1n) is 10.3. The van der Waals surface area contributed by atoms with Gasteiger partial charge in [0.05, 0.1) is 28.1 Å². The predicted molar refractivity (Wildman–Crippen MR) is 118 cm³/mol. The summed E-state index contributed by atoms with van der Waals surface area (Å²) in [6.07, 6.45) is -6.85. The van der Waals surface area contributed by atoms with E-state index in [1.807, 2.05) is 0 Å². The molecular weight excluding hydrogens is 501 g/mol. The number of alkyl halides is 3. The molecule has 0 bridgehead atoms. The second-order valence-electron chi connectivity index (χ2n) is 7.70. The Bertz CT molecular complexity index is 1090. The van der Waals surface area contributed by atoms with Crippen LogP contribution in [0.25, 0.3) is 0 Å². The van der Waals surface area contributed by atoms with Crippen LogP contribution in [0, 0.1) is 11.6 Å². The van der Waals surface area contributed by atoms with Gasteiger partial charge in [-0.3, -0.25) is 4.79 Å². The van der Waals surface area contributed by atoms with Gasteiger partial charge in [0.25, 0.3) is 5.91 Å². The summed E-state index contributed by atoms with van der Waals surface area (Å²) in [5.74, 6) is -3.91. The molecule has 1 heterocycles. The molecule has 0 aromatic heterocycles. The number of carbonyl (C=O) groups is 2. The zero-order chi connectivity index (χ0) is 25.9. The molecule has 7 nitrogen and oxygen atoms in total. The monoisotopic (exact) mass is 521 g/mol. The van der Waals surface area contributed by atoms with Gasteiger partial charge in [-0.2, -0.15) is 13.2 Å². The normalized spacial score (nSPS) is 16.7. The smallest absolute Gasteiger partial charge is 0.425 e.